The van der Waals surface area contributed by atoms with Gasteiger partial charge in [-0.25, -0.2) is 0 Å². The molecule has 62 valence electrons. The minimum absolute atomic E-state index is 1.46. The van der Waals surface area contributed by atoms with Crippen LogP contribution in [0.5, 0.6) is 0 Å². The molecule has 0 saturated heterocycles. The molecule has 0 atom stereocenters. The SMILES string of the molecule is CC.Fc1nc(F)nc(F)n1. The largest absolute Gasteiger partial charge is 0.316 e. The second-order valence-corrected chi connectivity index (χ2v) is 1.14. The standard InChI is InChI=1S/C3F3N3.C2H6/c4-1-7-2(5)9-3(6)8-1;1-2/h;1-2H3. The Labute approximate surface area is 61.3 Å². The maximum absolute atomic E-state index is 11.7. The summed E-state index contributed by atoms with van der Waals surface area (Å²) in [6.45, 7) is 4.00. The van der Waals surface area contributed by atoms with E-state index in [-0.39, 0.29) is 0 Å². The van der Waals surface area contributed by atoms with E-state index in [1.54, 1.807) is 0 Å². The van der Waals surface area contributed by atoms with E-state index in [0.717, 1.165) is 0 Å². The summed E-state index contributed by atoms with van der Waals surface area (Å²) in [5, 5.41) is 0. The van der Waals surface area contributed by atoms with Gasteiger partial charge in [-0.3, -0.25) is 0 Å². The van der Waals surface area contributed by atoms with Crippen molar-refractivity contribution in [2.45, 2.75) is 13.8 Å². The zero-order valence-electron chi connectivity index (χ0n) is 5.98. The first kappa shape index (κ1) is 9.80. The number of nitrogens with zero attached hydrogens (tertiary/aromatic N) is 3. The van der Waals surface area contributed by atoms with Gasteiger partial charge in [0.1, 0.15) is 0 Å². The predicted octanol–water partition coefficient (Wildman–Crippen LogP) is 1.32. The fraction of sp³-hybridized carbons (Fsp3) is 0.400. The molecule has 0 aliphatic carbocycles. The van der Waals surface area contributed by atoms with Gasteiger partial charge in [0.15, 0.2) is 0 Å². The highest BCUT2D eigenvalue weighted by molar-refractivity contribution is 4.64. The number of halogens is 3. The molecule has 0 N–H and O–H groups in total. The zero-order valence-corrected chi connectivity index (χ0v) is 5.98. The van der Waals surface area contributed by atoms with Gasteiger partial charge in [0, 0.05) is 0 Å². The average Bonchev–Trinajstić information content (AvgIpc) is 1.88. The highest BCUT2D eigenvalue weighted by Crippen LogP contribution is 1.89. The van der Waals surface area contributed by atoms with Gasteiger partial charge in [0.05, 0.1) is 0 Å². The summed E-state index contributed by atoms with van der Waals surface area (Å²) in [6.07, 6.45) is -4.38. The van der Waals surface area contributed by atoms with Crippen LogP contribution in [0.25, 0.3) is 0 Å². The average molecular weight is 165 g/mol. The molecular formula is C5H6F3N3. The van der Waals surface area contributed by atoms with E-state index in [4.69, 9.17) is 0 Å². The Hall–Kier alpha value is -1.20. The minimum atomic E-state index is -1.46. The first-order valence-corrected chi connectivity index (χ1v) is 2.91. The third-order valence-corrected chi connectivity index (χ3v) is 0.554. The third-order valence-electron chi connectivity index (χ3n) is 0.554. The molecule has 0 aliphatic heterocycles. The molecule has 11 heavy (non-hydrogen) atoms. The van der Waals surface area contributed by atoms with Crippen LogP contribution < -0.4 is 0 Å². The van der Waals surface area contributed by atoms with E-state index in [1.165, 1.54) is 0 Å². The molecule has 1 aromatic rings. The van der Waals surface area contributed by atoms with Crippen LogP contribution in [-0.2, 0) is 0 Å². The lowest BCUT2D eigenvalue weighted by atomic mass is 11.0. The lowest BCUT2D eigenvalue weighted by Gasteiger charge is -1.85. The molecular weight excluding hydrogens is 159 g/mol. The van der Waals surface area contributed by atoms with Crippen molar-refractivity contribution in [2.75, 3.05) is 0 Å². The Kier molecular flexibility index (Phi) is 4.09. The van der Waals surface area contributed by atoms with E-state index < -0.39 is 18.2 Å². The summed E-state index contributed by atoms with van der Waals surface area (Å²) in [4.78, 5) is 7.32. The summed E-state index contributed by atoms with van der Waals surface area (Å²) >= 11 is 0. The van der Waals surface area contributed by atoms with Crippen molar-refractivity contribution in [1.29, 1.82) is 0 Å². The van der Waals surface area contributed by atoms with Crippen LogP contribution in [0.3, 0.4) is 0 Å². The van der Waals surface area contributed by atoms with Crippen LogP contribution >= 0.6 is 0 Å². The third kappa shape index (κ3) is 3.49. The Morgan fingerprint density at radius 3 is 1.09 bits per heavy atom. The van der Waals surface area contributed by atoms with Crippen LogP contribution in [-0.4, -0.2) is 15.0 Å². The normalized spacial score (nSPS) is 8.45. The van der Waals surface area contributed by atoms with Gasteiger partial charge >= 0.3 is 18.2 Å². The molecule has 0 bridgehead atoms. The number of rotatable bonds is 0. The van der Waals surface area contributed by atoms with E-state index in [1.807, 2.05) is 13.8 Å². The molecule has 3 nitrogen and oxygen atoms in total. The second-order valence-electron chi connectivity index (χ2n) is 1.14. The Morgan fingerprint density at radius 2 is 0.909 bits per heavy atom. The summed E-state index contributed by atoms with van der Waals surface area (Å²) in [5.41, 5.74) is 0. The van der Waals surface area contributed by atoms with Gasteiger partial charge in [0.25, 0.3) is 0 Å². The molecule has 0 aromatic carbocycles. The quantitative estimate of drug-likeness (QED) is 0.581. The molecule has 0 spiro atoms. The Morgan fingerprint density at radius 1 is 0.727 bits per heavy atom. The summed E-state index contributed by atoms with van der Waals surface area (Å²) in [5.74, 6) is 0. The van der Waals surface area contributed by atoms with Gasteiger partial charge in [-0.05, 0) is 0 Å². The van der Waals surface area contributed by atoms with Crippen molar-refractivity contribution in [1.82, 2.24) is 15.0 Å². The summed E-state index contributed by atoms with van der Waals surface area (Å²) in [7, 11) is 0. The van der Waals surface area contributed by atoms with Crippen LogP contribution in [0.15, 0.2) is 0 Å². The van der Waals surface area contributed by atoms with Crippen molar-refractivity contribution in [3.8, 4) is 0 Å². The van der Waals surface area contributed by atoms with Crippen molar-refractivity contribution < 1.29 is 13.2 Å². The fourth-order valence-electron chi connectivity index (χ4n) is 0.303. The lowest BCUT2D eigenvalue weighted by Crippen LogP contribution is -2.00. The van der Waals surface area contributed by atoms with Crippen molar-refractivity contribution in [2.24, 2.45) is 0 Å². The monoisotopic (exact) mass is 165 g/mol. The van der Waals surface area contributed by atoms with Crippen molar-refractivity contribution >= 4 is 0 Å². The topological polar surface area (TPSA) is 38.7 Å². The zero-order chi connectivity index (χ0) is 8.85. The highest BCUT2D eigenvalue weighted by Gasteiger charge is 2.01. The second kappa shape index (κ2) is 4.59. The van der Waals surface area contributed by atoms with Crippen LogP contribution in [0, 0.1) is 18.2 Å². The molecule has 0 fully saturated rings. The molecule has 0 aliphatic rings. The molecule has 1 heterocycles. The Balaban J connectivity index is 0.000000461. The van der Waals surface area contributed by atoms with Gasteiger partial charge in [-0.1, -0.05) is 13.8 Å². The number of aromatic nitrogens is 3. The molecule has 1 rings (SSSR count). The minimum Gasteiger partial charge on any atom is -0.161 e. The van der Waals surface area contributed by atoms with Crippen molar-refractivity contribution in [3.05, 3.63) is 18.2 Å². The smallest absolute Gasteiger partial charge is 0.161 e. The molecule has 0 amide bonds. The summed E-state index contributed by atoms with van der Waals surface area (Å²) in [6, 6.07) is 0. The van der Waals surface area contributed by atoms with E-state index in [9.17, 15) is 13.2 Å². The van der Waals surface area contributed by atoms with E-state index in [2.05, 4.69) is 15.0 Å². The molecule has 0 unspecified atom stereocenters. The summed E-state index contributed by atoms with van der Waals surface area (Å²) < 4.78 is 35.1. The number of hydrogen-bond acceptors (Lipinski definition) is 3. The van der Waals surface area contributed by atoms with E-state index >= 15 is 0 Å². The molecule has 6 heteroatoms. The van der Waals surface area contributed by atoms with Gasteiger partial charge in [-0.15, -0.1) is 0 Å². The first-order chi connectivity index (χ1) is 5.18. The maximum Gasteiger partial charge on any atom is 0.316 e. The Bertz CT molecular complexity index is 178. The van der Waals surface area contributed by atoms with Gasteiger partial charge < -0.3 is 0 Å². The van der Waals surface area contributed by atoms with E-state index in [0.29, 0.717) is 0 Å². The molecule has 0 radical (unpaired) electrons. The van der Waals surface area contributed by atoms with Gasteiger partial charge in [0.2, 0.25) is 0 Å². The first-order valence-electron chi connectivity index (χ1n) is 2.91. The highest BCUT2D eigenvalue weighted by atomic mass is 19.2. The predicted molar refractivity (Wildman–Crippen MR) is 31.0 cm³/mol. The maximum atomic E-state index is 11.7. The van der Waals surface area contributed by atoms with Crippen LogP contribution in [0.2, 0.25) is 0 Å². The van der Waals surface area contributed by atoms with Crippen molar-refractivity contribution in [3.63, 3.8) is 0 Å². The lowest BCUT2D eigenvalue weighted by molar-refractivity contribution is 0.393. The fourth-order valence-corrected chi connectivity index (χ4v) is 0.303. The van der Waals surface area contributed by atoms with Crippen LogP contribution in [0.1, 0.15) is 13.8 Å². The number of hydrogen-bond donors (Lipinski definition) is 0. The molecule has 1 aromatic heterocycles. The van der Waals surface area contributed by atoms with Crippen LogP contribution in [0.4, 0.5) is 13.2 Å². The molecule has 0 saturated carbocycles. The van der Waals surface area contributed by atoms with Gasteiger partial charge in [-0.2, -0.15) is 28.1 Å².